The molecule has 0 bridgehead atoms. The molecule has 1 aliphatic heterocycles. The third-order valence-electron chi connectivity index (χ3n) is 3.92. The first-order chi connectivity index (χ1) is 9.08. The van der Waals surface area contributed by atoms with Crippen LogP contribution >= 0.6 is 0 Å². The fourth-order valence-corrected chi connectivity index (χ4v) is 2.84. The second-order valence-corrected chi connectivity index (χ2v) is 5.53. The minimum absolute atomic E-state index is 0.370. The molecule has 0 saturated heterocycles. The van der Waals surface area contributed by atoms with E-state index in [1.165, 1.54) is 0 Å². The summed E-state index contributed by atoms with van der Waals surface area (Å²) < 4.78 is 2.21. The van der Waals surface area contributed by atoms with Crippen molar-refractivity contribution in [3.8, 4) is 6.07 Å². The van der Waals surface area contributed by atoms with Crippen molar-refractivity contribution in [1.82, 2.24) is 19.8 Å². The summed E-state index contributed by atoms with van der Waals surface area (Å²) in [5.41, 5.74) is -0.443. The molecule has 0 fully saturated rings. The zero-order chi connectivity index (χ0) is 13.9. The number of hydrogen-bond acceptors (Lipinski definition) is 4. The van der Waals surface area contributed by atoms with E-state index in [0.29, 0.717) is 6.04 Å². The number of nitrogens with one attached hydrogen (secondary N) is 1. The first-order valence-electron chi connectivity index (χ1n) is 6.98. The molecule has 5 nitrogen and oxygen atoms in total. The van der Waals surface area contributed by atoms with E-state index in [4.69, 9.17) is 0 Å². The van der Waals surface area contributed by atoms with Crippen molar-refractivity contribution in [2.75, 3.05) is 13.1 Å². The number of fused-ring (bicyclic) bond motifs is 1. The highest BCUT2D eigenvalue weighted by Crippen LogP contribution is 2.20. The molecular weight excluding hydrogens is 238 g/mol. The molecule has 2 atom stereocenters. The molecule has 0 saturated carbocycles. The average Bonchev–Trinajstić information content (AvgIpc) is 2.86. The third-order valence-corrected chi connectivity index (χ3v) is 3.92. The fraction of sp³-hybridized carbons (Fsp3) is 0.714. The molecule has 0 aliphatic carbocycles. The van der Waals surface area contributed by atoms with E-state index in [2.05, 4.69) is 32.8 Å². The van der Waals surface area contributed by atoms with E-state index in [1.54, 1.807) is 0 Å². The van der Waals surface area contributed by atoms with Crippen LogP contribution in [0.15, 0.2) is 12.4 Å². The smallest absolute Gasteiger partial charge is 0.122 e. The van der Waals surface area contributed by atoms with Gasteiger partial charge in [-0.05, 0) is 26.8 Å². The second-order valence-electron chi connectivity index (χ2n) is 5.53. The van der Waals surface area contributed by atoms with Crippen LogP contribution < -0.4 is 5.32 Å². The van der Waals surface area contributed by atoms with Crippen molar-refractivity contribution in [2.45, 2.75) is 51.9 Å². The Hall–Kier alpha value is -1.38. The Morgan fingerprint density at radius 3 is 3.05 bits per heavy atom. The molecule has 5 heteroatoms. The predicted molar refractivity (Wildman–Crippen MR) is 74.4 cm³/mol. The lowest BCUT2D eigenvalue weighted by Crippen LogP contribution is -2.48. The summed E-state index contributed by atoms with van der Waals surface area (Å²) >= 11 is 0. The van der Waals surface area contributed by atoms with Crippen LogP contribution in [0.1, 0.15) is 33.0 Å². The van der Waals surface area contributed by atoms with Crippen LogP contribution in [-0.2, 0) is 13.1 Å². The van der Waals surface area contributed by atoms with E-state index in [1.807, 2.05) is 26.2 Å². The lowest BCUT2D eigenvalue weighted by molar-refractivity contribution is 0.139. The molecule has 0 radical (unpaired) electrons. The maximum absolute atomic E-state index is 9.34. The van der Waals surface area contributed by atoms with Crippen molar-refractivity contribution < 1.29 is 0 Å². The summed E-state index contributed by atoms with van der Waals surface area (Å²) in [6.45, 7) is 9.94. The summed E-state index contributed by atoms with van der Waals surface area (Å²) in [5, 5.41) is 12.6. The summed E-state index contributed by atoms with van der Waals surface area (Å²) in [6, 6.07) is 2.77. The number of hydrogen-bond donors (Lipinski definition) is 1. The van der Waals surface area contributed by atoms with Crippen molar-refractivity contribution in [3.05, 3.63) is 18.2 Å². The Morgan fingerprint density at radius 1 is 1.58 bits per heavy atom. The highest BCUT2D eigenvalue weighted by Gasteiger charge is 2.29. The molecule has 1 aromatic rings. The lowest BCUT2D eigenvalue weighted by Gasteiger charge is -2.36. The van der Waals surface area contributed by atoms with Crippen LogP contribution in [0.2, 0.25) is 0 Å². The van der Waals surface area contributed by atoms with Gasteiger partial charge in [-0.3, -0.25) is 10.2 Å². The minimum atomic E-state index is -0.443. The predicted octanol–water partition coefficient (Wildman–Crippen LogP) is 1.37. The van der Waals surface area contributed by atoms with Crippen LogP contribution in [0.4, 0.5) is 0 Å². The van der Waals surface area contributed by atoms with E-state index < -0.39 is 5.54 Å². The molecular formula is C14H23N5. The average molecular weight is 261 g/mol. The minimum Gasteiger partial charge on any atom is -0.333 e. The van der Waals surface area contributed by atoms with Crippen LogP contribution in [-0.4, -0.2) is 39.1 Å². The SMILES string of the molecule is CCNC(C)(C#N)CC(C)N1CCn2ccnc2C1. The van der Waals surface area contributed by atoms with Crippen LogP contribution in [0.5, 0.6) is 0 Å². The highest BCUT2D eigenvalue weighted by atomic mass is 15.2. The summed E-state index contributed by atoms with van der Waals surface area (Å²) in [7, 11) is 0. The Labute approximate surface area is 115 Å². The van der Waals surface area contributed by atoms with Gasteiger partial charge in [0.05, 0.1) is 12.6 Å². The summed E-state index contributed by atoms with van der Waals surface area (Å²) in [6.07, 6.45) is 4.73. The quantitative estimate of drug-likeness (QED) is 0.869. The number of imidazole rings is 1. The maximum atomic E-state index is 9.34. The molecule has 1 N–H and O–H groups in total. The number of nitrogens with zero attached hydrogens (tertiary/aromatic N) is 4. The summed E-state index contributed by atoms with van der Waals surface area (Å²) in [4.78, 5) is 6.79. The van der Waals surface area contributed by atoms with Gasteiger partial charge < -0.3 is 4.57 Å². The van der Waals surface area contributed by atoms with Gasteiger partial charge in [0.25, 0.3) is 0 Å². The maximum Gasteiger partial charge on any atom is 0.122 e. The van der Waals surface area contributed by atoms with E-state index >= 15 is 0 Å². The Morgan fingerprint density at radius 2 is 2.37 bits per heavy atom. The van der Waals surface area contributed by atoms with Crippen molar-refractivity contribution >= 4 is 0 Å². The third kappa shape index (κ3) is 3.14. The van der Waals surface area contributed by atoms with Gasteiger partial charge in [0.1, 0.15) is 11.4 Å². The molecule has 0 amide bonds. The fourth-order valence-electron chi connectivity index (χ4n) is 2.84. The van der Waals surface area contributed by atoms with E-state index in [0.717, 1.165) is 38.4 Å². The van der Waals surface area contributed by atoms with Crippen molar-refractivity contribution in [2.24, 2.45) is 0 Å². The van der Waals surface area contributed by atoms with Gasteiger partial charge in [0.2, 0.25) is 0 Å². The molecule has 19 heavy (non-hydrogen) atoms. The topological polar surface area (TPSA) is 56.9 Å². The molecule has 1 aromatic heterocycles. The first kappa shape index (κ1) is 14.0. The lowest BCUT2D eigenvalue weighted by atomic mass is 9.94. The molecule has 2 unspecified atom stereocenters. The van der Waals surface area contributed by atoms with E-state index in [9.17, 15) is 5.26 Å². The second kappa shape index (κ2) is 5.72. The van der Waals surface area contributed by atoms with Gasteiger partial charge in [-0.2, -0.15) is 5.26 Å². The van der Waals surface area contributed by atoms with Crippen molar-refractivity contribution in [1.29, 1.82) is 5.26 Å². The summed E-state index contributed by atoms with van der Waals surface area (Å²) in [5.74, 6) is 1.13. The normalized spacial score (nSPS) is 20.3. The monoisotopic (exact) mass is 261 g/mol. The first-order valence-corrected chi connectivity index (χ1v) is 6.98. The Balaban J connectivity index is 1.98. The van der Waals surface area contributed by atoms with Gasteiger partial charge in [-0.25, -0.2) is 4.98 Å². The molecule has 0 aromatic carbocycles. The standard InChI is InChI=1S/C14H23N5/c1-4-17-14(3,11-15)9-12(2)19-8-7-18-6-5-16-13(18)10-19/h5-6,12,17H,4,7-10H2,1-3H3. The number of aromatic nitrogens is 2. The van der Waals surface area contributed by atoms with E-state index in [-0.39, 0.29) is 0 Å². The van der Waals surface area contributed by atoms with Crippen LogP contribution in [0.25, 0.3) is 0 Å². The van der Waals surface area contributed by atoms with Crippen LogP contribution in [0.3, 0.4) is 0 Å². The molecule has 104 valence electrons. The number of nitriles is 1. The Kier molecular flexibility index (Phi) is 4.23. The van der Waals surface area contributed by atoms with Crippen molar-refractivity contribution in [3.63, 3.8) is 0 Å². The largest absolute Gasteiger partial charge is 0.333 e. The van der Waals surface area contributed by atoms with Gasteiger partial charge in [-0.1, -0.05) is 6.92 Å². The number of rotatable bonds is 5. The zero-order valence-electron chi connectivity index (χ0n) is 12.1. The van der Waals surface area contributed by atoms with Gasteiger partial charge >= 0.3 is 0 Å². The molecule has 2 heterocycles. The Bertz CT molecular complexity index is 461. The molecule has 0 spiro atoms. The van der Waals surface area contributed by atoms with Gasteiger partial charge in [-0.15, -0.1) is 0 Å². The molecule has 2 rings (SSSR count). The van der Waals surface area contributed by atoms with Gasteiger partial charge in [0.15, 0.2) is 0 Å². The molecule has 1 aliphatic rings. The highest BCUT2D eigenvalue weighted by molar-refractivity contribution is 5.06. The van der Waals surface area contributed by atoms with Crippen LogP contribution in [0, 0.1) is 11.3 Å². The zero-order valence-corrected chi connectivity index (χ0v) is 12.1. The van der Waals surface area contributed by atoms with Gasteiger partial charge in [0, 0.05) is 31.5 Å².